The number of nitrogens with zero attached hydrogens (tertiary/aromatic N) is 2. The largest absolute Gasteiger partial charge is 0.296 e. The van der Waals surface area contributed by atoms with Crippen LogP contribution in [0.1, 0.15) is 33.6 Å². The van der Waals surface area contributed by atoms with Gasteiger partial charge in [-0.3, -0.25) is 20.4 Å². The zero-order chi connectivity index (χ0) is 11.7. The second-order valence-corrected chi connectivity index (χ2v) is 3.68. The Balaban J connectivity index is 3.95. The number of guanidine groups is 1. The van der Waals surface area contributed by atoms with Gasteiger partial charge in [0.2, 0.25) is 11.9 Å². The fourth-order valence-electron chi connectivity index (χ4n) is 1.02. The summed E-state index contributed by atoms with van der Waals surface area (Å²) in [6.07, 6.45) is 3.77. The maximum atomic E-state index is 10.7. The van der Waals surface area contributed by atoms with Crippen LogP contribution >= 0.6 is 0 Å². The van der Waals surface area contributed by atoms with Crippen molar-refractivity contribution in [3.05, 3.63) is 0 Å². The van der Waals surface area contributed by atoms with Crippen molar-refractivity contribution in [1.29, 1.82) is 5.26 Å². The first kappa shape index (κ1) is 13.4. The van der Waals surface area contributed by atoms with Crippen molar-refractivity contribution in [2.45, 2.75) is 33.6 Å². The molecule has 0 aliphatic carbocycles. The maximum Gasteiger partial charge on any atom is 0.223 e. The van der Waals surface area contributed by atoms with Crippen LogP contribution in [0.4, 0.5) is 0 Å². The van der Waals surface area contributed by atoms with E-state index in [1.54, 1.807) is 6.19 Å². The molecule has 84 valence electrons. The van der Waals surface area contributed by atoms with E-state index in [4.69, 9.17) is 5.26 Å². The molecule has 0 aliphatic rings. The number of amides is 1. The van der Waals surface area contributed by atoms with Crippen LogP contribution in [0.5, 0.6) is 0 Å². The number of nitriles is 1. The molecule has 0 saturated heterocycles. The molecule has 0 aliphatic heterocycles. The molecule has 0 aromatic heterocycles. The van der Waals surface area contributed by atoms with Gasteiger partial charge in [-0.25, -0.2) is 0 Å². The molecule has 5 heteroatoms. The molecule has 15 heavy (non-hydrogen) atoms. The average molecular weight is 210 g/mol. The monoisotopic (exact) mass is 210 g/mol. The van der Waals surface area contributed by atoms with Crippen molar-refractivity contribution in [3.63, 3.8) is 0 Å². The molecule has 0 atom stereocenters. The van der Waals surface area contributed by atoms with Crippen LogP contribution in [0, 0.1) is 17.4 Å². The minimum absolute atomic E-state index is 0.230. The standard InChI is InChI=1S/C10H18N4O/c1-8(2)5-4-6-12-10(13-7-11)14-9(3)15/h8H,4-6H2,1-3H3,(H2,12,13,14,15). The fraction of sp³-hybridized carbons (Fsp3) is 0.700. The quantitative estimate of drug-likeness (QED) is 0.239. The van der Waals surface area contributed by atoms with Gasteiger partial charge in [0.25, 0.3) is 0 Å². The van der Waals surface area contributed by atoms with Crippen LogP contribution in [-0.4, -0.2) is 18.4 Å². The Hall–Kier alpha value is -1.57. The molecule has 0 aromatic rings. The summed E-state index contributed by atoms with van der Waals surface area (Å²) in [6, 6.07) is 0. The topological polar surface area (TPSA) is 77.3 Å². The van der Waals surface area contributed by atoms with Crippen molar-refractivity contribution < 1.29 is 4.79 Å². The lowest BCUT2D eigenvalue weighted by atomic mass is 10.1. The highest BCUT2D eigenvalue weighted by atomic mass is 16.1. The highest BCUT2D eigenvalue weighted by molar-refractivity contribution is 5.96. The molecule has 0 spiro atoms. The predicted octanol–water partition coefficient (Wildman–Crippen LogP) is 0.985. The van der Waals surface area contributed by atoms with Gasteiger partial charge in [-0.2, -0.15) is 5.26 Å². The molecule has 0 rings (SSSR count). The Kier molecular flexibility index (Phi) is 6.98. The van der Waals surface area contributed by atoms with Crippen molar-refractivity contribution >= 4 is 11.9 Å². The molecule has 5 nitrogen and oxygen atoms in total. The lowest BCUT2D eigenvalue weighted by Crippen LogP contribution is -2.37. The van der Waals surface area contributed by atoms with E-state index in [1.165, 1.54) is 6.92 Å². The molecule has 0 unspecified atom stereocenters. The molecular weight excluding hydrogens is 192 g/mol. The molecular formula is C10H18N4O. The van der Waals surface area contributed by atoms with Crippen LogP contribution in [0.25, 0.3) is 0 Å². The summed E-state index contributed by atoms with van der Waals surface area (Å²) < 4.78 is 0. The Morgan fingerprint density at radius 2 is 2.20 bits per heavy atom. The van der Waals surface area contributed by atoms with Crippen molar-refractivity contribution in [1.82, 2.24) is 10.6 Å². The first-order valence-electron chi connectivity index (χ1n) is 5.03. The van der Waals surface area contributed by atoms with E-state index in [1.807, 2.05) is 0 Å². The van der Waals surface area contributed by atoms with Crippen molar-refractivity contribution in [2.75, 3.05) is 6.54 Å². The van der Waals surface area contributed by atoms with Gasteiger partial charge in [-0.05, 0) is 18.8 Å². The van der Waals surface area contributed by atoms with Gasteiger partial charge in [0.05, 0.1) is 0 Å². The van der Waals surface area contributed by atoms with Crippen LogP contribution < -0.4 is 10.6 Å². The second kappa shape index (κ2) is 7.80. The van der Waals surface area contributed by atoms with Gasteiger partial charge >= 0.3 is 0 Å². The molecule has 0 saturated carbocycles. The Labute approximate surface area is 90.6 Å². The number of hydrogen-bond acceptors (Lipinski definition) is 3. The van der Waals surface area contributed by atoms with E-state index >= 15 is 0 Å². The van der Waals surface area contributed by atoms with E-state index in [0.29, 0.717) is 12.5 Å². The van der Waals surface area contributed by atoms with Gasteiger partial charge < -0.3 is 0 Å². The van der Waals surface area contributed by atoms with Crippen LogP contribution in [0.3, 0.4) is 0 Å². The van der Waals surface area contributed by atoms with Gasteiger partial charge in [0.15, 0.2) is 6.19 Å². The molecule has 0 radical (unpaired) electrons. The third-order valence-electron chi connectivity index (χ3n) is 1.68. The van der Waals surface area contributed by atoms with Crippen molar-refractivity contribution in [3.8, 4) is 6.19 Å². The first-order valence-corrected chi connectivity index (χ1v) is 5.03. The van der Waals surface area contributed by atoms with E-state index in [-0.39, 0.29) is 11.9 Å². The third kappa shape index (κ3) is 8.75. The number of aliphatic imine (C=N–C) groups is 1. The van der Waals surface area contributed by atoms with E-state index in [9.17, 15) is 4.79 Å². The fourth-order valence-corrected chi connectivity index (χ4v) is 1.02. The summed E-state index contributed by atoms with van der Waals surface area (Å²) >= 11 is 0. The van der Waals surface area contributed by atoms with Crippen LogP contribution in [0.2, 0.25) is 0 Å². The first-order chi connectivity index (χ1) is 7.06. The van der Waals surface area contributed by atoms with Crippen LogP contribution in [-0.2, 0) is 4.79 Å². The lowest BCUT2D eigenvalue weighted by molar-refractivity contribution is -0.117. The Morgan fingerprint density at radius 1 is 1.53 bits per heavy atom. The molecule has 0 heterocycles. The summed E-state index contributed by atoms with van der Waals surface area (Å²) in [4.78, 5) is 14.8. The summed E-state index contributed by atoms with van der Waals surface area (Å²) in [7, 11) is 0. The highest BCUT2D eigenvalue weighted by Crippen LogP contribution is 2.02. The van der Waals surface area contributed by atoms with Gasteiger partial charge in [0.1, 0.15) is 0 Å². The van der Waals surface area contributed by atoms with Gasteiger partial charge in [0, 0.05) is 13.5 Å². The maximum absolute atomic E-state index is 10.7. The van der Waals surface area contributed by atoms with Crippen LogP contribution in [0.15, 0.2) is 4.99 Å². The second-order valence-electron chi connectivity index (χ2n) is 3.68. The molecule has 0 fully saturated rings. The number of hydrogen-bond donors (Lipinski definition) is 2. The molecule has 2 N–H and O–H groups in total. The molecule has 0 bridgehead atoms. The normalized spacial score (nSPS) is 11.0. The molecule has 1 amide bonds. The minimum Gasteiger partial charge on any atom is -0.296 e. The van der Waals surface area contributed by atoms with E-state index in [0.717, 1.165) is 12.8 Å². The zero-order valence-corrected chi connectivity index (χ0v) is 9.50. The number of carbonyl (C=O) groups excluding carboxylic acids is 1. The molecule has 0 aromatic carbocycles. The summed E-state index contributed by atoms with van der Waals surface area (Å²) in [5, 5.41) is 13.2. The highest BCUT2D eigenvalue weighted by Gasteiger charge is 1.99. The third-order valence-corrected chi connectivity index (χ3v) is 1.68. The zero-order valence-electron chi connectivity index (χ0n) is 9.50. The Bertz CT molecular complexity index is 265. The number of nitrogens with one attached hydrogen (secondary N) is 2. The summed E-state index contributed by atoms with van der Waals surface area (Å²) in [5.74, 6) is 0.641. The minimum atomic E-state index is -0.236. The smallest absolute Gasteiger partial charge is 0.223 e. The van der Waals surface area contributed by atoms with E-state index < -0.39 is 0 Å². The lowest BCUT2D eigenvalue weighted by Gasteiger charge is -2.05. The Morgan fingerprint density at radius 3 is 2.67 bits per heavy atom. The predicted molar refractivity (Wildman–Crippen MR) is 58.9 cm³/mol. The van der Waals surface area contributed by atoms with E-state index in [2.05, 4.69) is 29.5 Å². The average Bonchev–Trinajstić information content (AvgIpc) is 2.11. The van der Waals surface area contributed by atoms with Gasteiger partial charge in [-0.15, -0.1) is 0 Å². The van der Waals surface area contributed by atoms with Gasteiger partial charge in [-0.1, -0.05) is 13.8 Å². The SMILES string of the molecule is CC(=O)NC(=NCCCC(C)C)NC#N. The summed E-state index contributed by atoms with van der Waals surface area (Å²) in [5.41, 5.74) is 0. The number of carbonyl (C=O) groups is 1. The van der Waals surface area contributed by atoms with Crippen molar-refractivity contribution in [2.24, 2.45) is 10.9 Å². The number of rotatable bonds is 4. The summed E-state index contributed by atoms with van der Waals surface area (Å²) in [6.45, 7) is 6.28.